The van der Waals surface area contributed by atoms with Crippen molar-refractivity contribution in [1.29, 1.82) is 0 Å². The molecule has 0 unspecified atom stereocenters. The number of nitrogens with two attached hydrogens (primary N) is 1. The number of H-pyrrole nitrogens is 1. The molecule has 0 aliphatic rings. The number of aromatic amines is 1. The summed E-state index contributed by atoms with van der Waals surface area (Å²) in [6.45, 7) is 7.64. The number of nitrogens with one attached hydrogen (secondary N) is 2. The fourth-order valence-corrected chi connectivity index (χ4v) is 4.46. The Labute approximate surface area is 171 Å². The first-order chi connectivity index (χ1) is 13.8. The molecule has 4 rings (SSSR count). The van der Waals surface area contributed by atoms with Crippen molar-refractivity contribution in [3.05, 3.63) is 68.1 Å². The van der Waals surface area contributed by atoms with Gasteiger partial charge in [-0.15, -0.1) is 11.3 Å². The highest BCUT2D eigenvalue weighted by Crippen LogP contribution is 2.36. The van der Waals surface area contributed by atoms with E-state index in [1.807, 2.05) is 51.1 Å². The number of pyridine rings is 1. The lowest BCUT2D eigenvalue weighted by Crippen LogP contribution is -2.21. The summed E-state index contributed by atoms with van der Waals surface area (Å²) < 4.78 is 1.40. The minimum absolute atomic E-state index is 0.202. The number of hydrogen-bond acceptors (Lipinski definition) is 5. The molecule has 4 aromatic rings. The minimum Gasteiger partial charge on any atom is -0.397 e. The maximum Gasteiger partial charge on any atom is 0.295 e. The molecule has 3 heterocycles. The topological polar surface area (TPSA) is 106 Å². The van der Waals surface area contributed by atoms with Gasteiger partial charge in [0.1, 0.15) is 15.4 Å². The van der Waals surface area contributed by atoms with Crippen LogP contribution in [0.3, 0.4) is 0 Å². The Morgan fingerprint density at radius 2 is 1.83 bits per heavy atom. The Kier molecular flexibility index (Phi) is 4.50. The number of amides is 1. The minimum atomic E-state index is -0.417. The first-order valence-corrected chi connectivity index (χ1v) is 9.95. The van der Waals surface area contributed by atoms with E-state index in [0.717, 1.165) is 27.0 Å². The highest BCUT2D eigenvalue weighted by molar-refractivity contribution is 7.21. The average Bonchev–Trinajstić information content (AvgIpc) is 3.18. The zero-order valence-corrected chi connectivity index (χ0v) is 17.4. The average molecular weight is 407 g/mol. The summed E-state index contributed by atoms with van der Waals surface area (Å²) in [5, 5.41) is 6.54. The summed E-state index contributed by atoms with van der Waals surface area (Å²) in [6.07, 6.45) is 0. The molecular weight excluding hydrogens is 386 g/mol. The molecule has 0 bridgehead atoms. The summed E-state index contributed by atoms with van der Waals surface area (Å²) in [5.41, 5.74) is 10.8. The van der Waals surface area contributed by atoms with Crippen LogP contribution in [-0.4, -0.2) is 20.7 Å². The fraction of sp³-hybridized carbons (Fsp3) is 0.190. The number of aromatic nitrogens is 3. The Morgan fingerprint density at radius 1 is 1.14 bits per heavy atom. The van der Waals surface area contributed by atoms with Crippen molar-refractivity contribution in [3.63, 3.8) is 0 Å². The van der Waals surface area contributed by atoms with E-state index in [0.29, 0.717) is 21.9 Å². The van der Waals surface area contributed by atoms with Crippen molar-refractivity contribution < 1.29 is 4.79 Å². The van der Waals surface area contributed by atoms with Crippen LogP contribution in [-0.2, 0) is 0 Å². The van der Waals surface area contributed by atoms with Gasteiger partial charge in [-0.2, -0.15) is 0 Å². The van der Waals surface area contributed by atoms with E-state index >= 15 is 0 Å². The Hall–Kier alpha value is -3.39. The summed E-state index contributed by atoms with van der Waals surface area (Å²) in [5.74, 6) is -0.417. The third kappa shape index (κ3) is 3.01. The van der Waals surface area contributed by atoms with Gasteiger partial charge in [0.2, 0.25) is 0 Å². The van der Waals surface area contributed by atoms with Crippen LogP contribution < -0.4 is 16.6 Å². The van der Waals surface area contributed by atoms with Gasteiger partial charge in [-0.3, -0.25) is 14.7 Å². The Morgan fingerprint density at radius 3 is 2.52 bits per heavy atom. The number of nitrogen functional groups attached to an aromatic ring is 1. The largest absolute Gasteiger partial charge is 0.397 e. The van der Waals surface area contributed by atoms with Crippen molar-refractivity contribution in [2.24, 2.45) is 0 Å². The van der Waals surface area contributed by atoms with E-state index in [1.165, 1.54) is 16.0 Å². The Balaban J connectivity index is 1.75. The molecule has 0 radical (unpaired) electrons. The van der Waals surface area contributed by atoms with E-state index in [9.17, 15) is 9.59 Å². The number of carbonyl (C=O) groups is 1. The quantitative estimate of drug-likeness (QED) is 0.480. The lowest BCUT2D eigenvalue weighted by Gasteiger charge is -2.06. The molecule has 8 heteroatoms. The maximum absolute atomic E-state index is 13.0. The van der Waals surface area contributed by atoms with Crippen LogP contribution >= 0.6 is 11.3 Å². The molecule has 0 atom stereocenters. The number of hydrogen-bond donors (Lipinski definition) is 3. The van der Waals surface area contributed by atoms with E-state index in [2.05, 4.69) is 15.4 Å². The van der Waals surface area contributed by atoms with Gasteiger partial charge in [0.15, 0.2) is 0 Å². The molecule has 0 aliphatic heterocycles. The molecule has 4 N–H and O–H groups in total. The molecule has 1 aromatic carbocycles. The van der Waals surface area contributed by atoms with Crippen LogP contribution in [0.4, 0.5) is 11.4 Å². The molecule has 7 nitrogen and oxygen atoms in total. The lowest BCUT2D eigenvalue weighted by molar-refractivity contribution is 0.103. The summed E-state index contributed by atoms with van der Waals surface area (Å²) in [6, 6.07) is 9.18. The van der Waals surface area contributed by atoms with Crippen LogP contribution in [0, 0.1) is 27.7 Å². The number of aryl methyl sites for hydroxylation is 3. The zero-order chi connectivity index (χ0) is 20.9. The van der Waals surface area contributed by atoms with Crippen molar-refractivity contribution in [2.75, 3.05) is 11.1 Å². The Bertz CT molecular complexity index is 1310. The van der Waals surface area contributed by atoms with Crippen molar-refractivity contribution in [2.45, 2.75) is 27.7 Å². The van der Waals surface area contributed by atoms with Crippen LogP contribution in [0.25, 0.3) is 15.9 Å². The number of rotatable bonds is 3. The fourth-order valence-electron chi connectivity index (χ4n) is 3.36. The number of thiophene rings is 1. The second kappa shape index (κ2) is 6.89. The van der Waals surface area contributed by atoms with Crippen molar-refractivity contribution in [3.8, 4) is 5.69 Å². The van der Waals surface area contributed by atoms with Crippen molar-refractivity contribution in [1.82, 2.24) is 14.8 Å². The van der Waals surface area contributed by atoms with Gasteiger partial charge in [-0.25, -0.2) is 9.67 Å². The SMILES string of the molecule is Cc1nc2sc(C(=O)Nc3c(C)[nH]n(-c4ccccc4)c3=O)c(N)c2c(C)c1C. The molecule has 0 spiro atoms. The molecule has 0 aliphatic carbocycles. The predicted octanol–water partition coefficient (Wildman–Crippen LogP) is 3.84. The highest BCUT2D eigenvalue weighted by atomic mass is 32.1. The van der Waals surface area contributed by atoms with Crippen LogP contribution in [0.5, 0.6) is 0 Å². The third-order valence-electron chi connectivity index (χ3n) is 5.21. The summed E-state index contributed by atoms with van der Waals surface area (Å²) in [4.78, 5) is 31.4. The van der Waals surface area contributed by atoms with Crippen LogP contribution in [0.1, 0.15) is 32.2 Å². The van der Waals surface area contributed by atoms with Gasteiger partial charge in [0.05, 0.1) is 17.1 Å². The van der Waals surface area contributed by atoms with Gasteiger partial charge in [-0.05, 0) is 51.0 Å². The molecule has 0 saturated heterocycles. The number of carbonyl (C=O) groups excluding carboxylic acids is 1. The molecule has 3 aromatic heterocycles. The number of nitrogens with zero attached hydrogens (tertiary/aromatic N) is 2. The predicted molar refractivity (Wildman–Crippen MR) is 117 cm³/mol. The molecular formula is C21H21N5O2S. The van der Waals surface area contributed by atoms with Gasteiger partial charge in [-0.1, -0.05) is 18.2 Å². The van der Waals surface area contributed by atoms with E-state index in [1.54, 1.807) is 6.92 Å². The van der Waals surface area contributed by atoms with Gasteiger partial charge in [0.25, 0.3) is 11.5 Å². The van der Waals surface area contributed by atoms with Crippen LogP contribution in [0.15, 0.2) is 35.1 Å². The molecule has 1 amide bonds. The lowest BCUT2D eigenvalue weighted by atomic mass is 10.1. The second-order valence-corrected chi connectivity index (χ2v) is 8.01. The number of benzene rings is 1. The summed E-state index contributed by atoms with van der Waals surface area (Å²) >= 11 is 1.24. The number of anilines is 2. The molecule has 148 valence electrons. The molecule has 0 saturated carbocycles. The smallest absolute Gasteiger partial charge is 0.295 e. The van der Waals surface area contributed by atoms with Gasteiger partial charge < -0.3 is 11.1 Å². The molecule has 29 heavy (non-hydrogen) atoms. The van der Waals surface area contributed by atoms with E-state index < -0.39 is 5.91 Å². The van der Waals surface area contributed by atoms with Crippen molar-refractivity contribution >= 4 is 38.8 Å². The summed E-state index contributed by atoms with van der Waals surface area (Å²) in [7, 11) is 0. The first kappa shape index (κ1) is 18.9. The van der Waals surface area contributed by atoms with Gasteiger partial charge in [0, 0.05) is 11.1 Å². The normalized spacial score (nSPS) is 11.2. The first-order valence-electron chi connectivity index (χ1n) is 9.13. The monoisotopic (exact) mass is 407 g/mol. The highest BCUT2D eigenvalue weighted by Gasteiger charge is 2.22. The number of para-hydroxylation sites is 1. The third-order valence-corrected chi connectivity index (χ3v) is 6.30. The zero-order valence-electron chi connectivity index (χ0n) is 16.6. The standard InChI is InChI=1S/C21H21N5O2S/c1-10-11(2)15-16(22)18(29-20(15)23-12(10)3)19(27)24-17-13(4)25-26(21(17)28)14-8-6-5-7-9-14/h5-9,25H,22H2,1-4H3,(H,24,27). The van der Waals surface area contributed by atoms with Gasteiger partial charge >= 0.3 is 0 Å². The van der Waals surface area contributed by atoms with E-state index in [-0.39, 0.29) is 11.2 Å². The maximum atomic E-state index is 13.0. The second-order valence-electron chi connectivity index (χ2n) is 7.01. The molecule has 0 fully saturated rings. The van der Waals surface area contributed by atoms with Crippen LogP contribution in [0.2, 0.25) is 0 Å². The number of fused-ring (bicyclic) bond motifs is 1. The van der Waals surface area contributed by atoms with E-state index in [4.69, 9.17) is 5.73 Å².